The molecule has 0 rings (SSSR count). The molecule has 4 heteroatoms. The van der Waals surface area contributed by atoms with Crippen molar-refractivity contribution in [3.05, 3.63) is 13.8 Å². The molecule has 0 atom stereocenters. The largest absolute Gasteiger partial charge is 0.372 e. The summed E-state index contributed by atoms with van der Waals surface area (Å²) < 4.78 is 0. The van der Waals surface area contributed by atoms with E-state index in [0.717, 1.165) is 6.42 Å². The second kappa shape index (κ2) is 30.0. The first-order valence-electron chi connectivity index (χ1n) is 1.000. The van der Waals surface area contributed by atoms with Gasteiger partial charge in [-0.2, -0.15) is 0 Å². The van der Waals surface area contributed by atoms with Crippen LogP contribution in [0.4, 0.5) is 0 Å². The molecular formula is C3H6RaRbY2-2. The topological polar surface area (TPSA) is 0 Å². The Balaban J connectivity index is -0.00000000333. The van der Waals surface area contributed by atoms with Crippen LogP contribution in [-0.2, 0) is 65.4 Å². The standard InChI is InChI=1S/C3H6.Ra.Rb.2Y/c1-3-2;;;;/h1-3H2;;;;/q-2;;;;. The van der Waals surface area contributed by atoms with Crippen LogP contribution in [0.25, 0.3) is 0 Å². The molecule has 0 aromatic carbocycles. The fraction of sp³-hybridized carbons (Fsp3) is 0.333. The smallest absolute Gasteiger partial charge is 0 e. The van der Waals surface area contributed by atoms with Crippen LogP contribution in [0.1, 0.15) is 6.42 Å². The molecule has 0 aromatic rings. The monoisotopic (exact) mass is 531 g/mol. The Morgan fingerprint density at radius 2 is 1.00 bits per heavy atom. The van der Waals surface area contributed by atoms with Crippen molar-refractivity contribution < 1.29 is 110 Å². The fourth-order valence-electron chi connectivity index (χ4n) is 0. The van der Waals surface area contributed by atoms with Gasteiger partial charge in [-0.1, -0.05) is 0 Å². The van der Waals surface area contributed by atoms with Crippen molar-refractivity contribution in [3.63, 3.8) is 0 Å². The molecule has 0 fully saturated rings. The van der Waals surface area contributed by atoms with E-state index in [-0.39, 0.29) is 169 Å². The summed E-state index contributed by atoms with van der Waals surface area (Å²) in [7, 11) is 0. The molecule has 0 aliphatic rings. The van der Waals surface area contributed by atoms with Gasteiger partial charge < -0.3 is 20.3 Å². The fourth-order valence-corrected chi connectivity index (χ4v) is 0. The van der Waals surface area contributed by atoms with Gasteiger partial charge in [0.25, 0.3) is 0 Å². The predicted octanol–water partition coefficient (Wildman–Crippen LogP) is 0.659. The Hall–Kier alpha value is 5.48. The first-order chi connectivity index (χ1) is 1.41. The van der Waals surface area contributed by atoms with E-state index in [4.69, 9.17) is 0 Å². The van der Waals surface area contributed by atoms with Gasteiger partial charge in [0, 0.05) is 169 Å². The van der Waals surface area contributed by atoms with Crippen LogP contribution in [0.2, 0.25) is 0 Å². The van der Waals surface area contributed by atoms with E-state index in [1.165, 1.54) is 0 Å². The van der Waals surface area contributed by atoms with Crippen LogP contribution >= 0.6 is 0 Å². The predicted molar refractivity (Wildman–Crippen MR) is 21.1 cm³/mol. The third-order valence-corrected chi connectivity index (χ3v) is 0. The third kappa shape index (κ3) is 34.4. The van der Waals surface area contributed by atoms with E-state index in [0.29, 0.717) is 0 Å². The van der Waals surface area contributed by atoms with Crippen molar-refractivity contribution in [2.75, 3.05) is 0 Å². The van der Waals surface area contributed by atoms with Gasteiger partial charge >= 0.3 is 0 Å². The van der Waals surface area contributed by atoms with E-state index < -0.39 is 0 Å². The average molecular weight is 531 g/mol. The molecule has 0 nitrogen and oxygen atoms in total. The summed E-state index contributed by atoms with van der Waals surface area (Å²) in [6, 6.07) is 0. The van der Waals surface area contributed by atoms with Gasteiger partial charge in [0.2, 0.25) is 0 Å². The molecule has 0 amide bonds. The van der Waals surface area contributed by atoms with Crippen molar-refractivity contribution in [1.82, 2.24) is 0 Å². The molecule has 0 N–H and O–H groups in total. The Bertz CT molecular complexity index is 12.9. The van der Waals surface area contributed by atoms with Gasteiger partial charge in [-0.15, -0.1) is 0 Å². The normalized spacial score (nSPS) is 2.57. The Morgan fingerprint density at radius 1 is 1.00 bits per heavy atom. The molecule has 0 spiro atoms. The van der Waals surface area contributed by atoms with Crippen LogP contribution in [0, 0.1) is 58.9 Å². The van der Waals surface area contributed by atoms with E-state index in [1.807, 2.05) is 0 Å². The van der Waals surface area contributed by atoms with Gasteiger partial charge in [-0.25, -0.2) is 0 Å². The van der Waals surface area contributed by atoms with Crippen LogP contribution in [0.3, 0.4) is 0 Å². The number of hydrogen-bond acceptors (Lipinski definition) is 0. The quantitative estimate of drug-likeness (QED) is 0.404. The zero-order chi connectivity index (χ0) is 2.71. The summed E-state index contributed by atoms with van der Waals surface area (Å²) >= 11 is 0. The van der Waals surface area contributed by atoms with Gasteiger partial charge in [0.05, 0.1) is 0 Å². The van der Waals surface area contributed by atoms with Gasteiger partial charge in [0.1, 0.15) is 0 Å². The van der Waals surface area contributed by atoms with Gasteiger partial charge in [-0.05, 0) is 0 Å². The number of rotatable bonds is 0. The summed E-state index contributed by atoms with van der Waals surface area (Å²) in [6.07, 6.45) is 0.750. The Kier molecular flexibility index (Phi) is 126. The molecule has 0 saturated heterocycles. The van der Waals surface area contributed by atoms with Crippen molar-refractivity contribution >= 4 is 58.2 Å². The minimum absolute atomic E-state index is 0. The van der Waals surface area contributed by atoms with Gasteiger partial charge in [0.15, 0.2) is 0 Å². The molecule has 29 valence electrons. The maximum absolute atomic E-state index is 3.38. The van der Waals surface area contributed by atoms with E-state index in [1.54, 1.807) is 0 Å². The molecule has 0 unspecified atom stereocenters. The molecule has 0 heterocycles. The van der Waals surface area contributed by atoms with Crippen molar-refractivity contribution in [2.45, 2.75) is 6.42 Å². The van der Waals surface area contributed by atoms with Crippen LogP contribution in [-0.4, -0.2) is 58.2 Å². The van der Waals surface area contributed by atoms with Crippen LogP contribution in [0.5, 0.6) is 0 Å². The van der Waals surface area contributed by atoms with E-state index in [9.17, 15) is 0 Å². The van der Waals surface area contributed by atoms with Crippen LogP contribution in [0.15, 0.2) is 0 Å². The Labute approximate surface area is 182 Å². The molecule has 0 saturated carbocycles. The molecule has 0 aromatic heterocycles. The maximum atomic E-state index is 3.38. The molecule has 0 aliphatic carbocycles. The SMILES string of the molecule is [CH2-]C[CH2-].[Ra].[Rb].[Y].[Y]. The second-order valence-corrected chi connectivity index (χ2v) is 0.354. The van der Waals surface area contributed by atoms with Crippen molar-refractivity contribution in [3.8, 4) is 0 Å². The third-order valence-electron chi connectivity index (χ3n) is 0. The van der Waals surface area contributed by atoms with E-state index >= 15 is 0 Å². The zero-order valence-corrected chi connectivity index (χ0v) is 21.4. The zero-order valence-electron chi connectivity index (χ0n) is 4.98. The summed E-state index contributed by atoms with van der Waals surface area (Å²) in [6.45, 7) is 6.75. The van der Waals surface area contributed by atoms with Crippen molar-refractivity contribution in [1.29, 1.82) is 0 Å². The summed E-state index contributed by atoms with van der Waals surface area (Å²) in [5.41, 5.74) is 0. The van der Waals surface area contributed by atoms with Crippen molar-refractivity contribution in [2.24, 2.45) is 0 Å². The minimum atomic E-state index is 0. The first-order valence-corrected chi connectivity index (χ1v) is 1.000. The summed E-state index contributed by atoms with van der Waals surface area (Å²) in [4.78, 5) is 0. The molecule has 0 aliphatic heterocycles. The number of hydrogen-bond donors (Lipinski definition) is 0. The molecule has 5 radical (unpaired) electrons. The first kappa shape index (κ1) is 29.4. The summed E-state index contributed by atoms with van der Waals surface area (Å²) in [5.74, 6) is 0. The van der Waals surface area contributed by atoms with Gasteiger partial charge in [-0.3, -0.25) is 0 Å². The maximum Gasteiger partial charge on any atom is 0 e. The Morgan fingerprint density at radius 3 is 1.00 bits per heavy atom. The molecule has 7 heavy (non-hydrogen) atoms. The summed E-state index contributed by atoms with van der Waals surface area (Å²) in [5, 5.41) is 0. The molecule has 0 bridgehead atoms. The average Bonchev–Trinajstić information content (AvgIpc) is 0.918. The minimum Gasteiger partial charge on any atom is -0.372 e. The second-order valence-electron chi connectivity index (χ2n) is 0.354. The van der Waals surface area contributed by atoms with E-state index in [2.05, 4.69) is 13.8 Å². The molecular weight excluding hydrogens is 525 g/mol. The van der Waals surface area contributed by atoms with Crippen LogP contribution < -0.4 is 0 Å².